The Morgan fingerprint density at radius 3 is 1.07 bits per heavy atom. The van der Waals surface area contributed by atoms with Crippen molar-refractivity contribution >= 4 is 52.3 Å². The van der Waals surface area contributed by atoms with Crippen molar-refractivity contribution in [2.75, 3.05) is 34.4 Å². The number of aromatic amines is 2. The van der Waals surface area contributed by atoms with Crippen LogP contribution in [-0.4, -0.2) is 60.3 Å². The minimum atomic E-state index is -0.178. The van der Waals surface area contributed by atoms with Crippen LogP contribution in [0, 0.1) is 0 Å². The van der Waals surface area contributed by atoms with Crippen molar-refractivity contribution in [3.05, 3.63) is 150 Å². The summed E-state index contributed by atoms with van der Waals surface area (Å²) in [5.41, 5.74) is 20.2. The molecule has 296 valence electrons. The average Bonchev–Trinajstić information content (AvgIpc) is 4.15. The molecule has 0 atom stereocenters. The second-order valence-electron chi connectivity index (χ2n) is 14.3. The number of rotatable bonds is 10. The number of methoxy groups -OCH3 is 3. The molecule has 5 N–H and O–H groups in total. The predicted molar refractivity (Wildman–Crippen MR) is 242 cm³/mol. The van der Waals surface area contributed by atoms with Crippen LogP contribution in [-0.2, 0) is 0 Å². The molecule has 60 heavy (non-hydrogen) atoms. The summed E-state index contributed by atoms with van der Waals surface area (Å²) in [7, 11) is 4.99. The monoisotopic (exact) mass is 790 g/mol. The standard InChI is InChI=1S/C50H42N6O4/c1-58-35-14-8-31(9-15-35)47-40-22-20-38(53-40)46(30-4-6-34(7-5-30)50(57)52-29-28-51)39-21-23-41(54-39)48(32-10-16-36(59-2)17-11-32)43-25-27-45(56-43)49(44-26-24-42(47)55-44)33-12-18-37(60-3)19-13-33/h4-27,53,56H,28-29,51H2,1-3H3,(H,52,57). The predicted octanol–water partition coefficient (Wildman–Crippen LogP) is 10.0. The van der Waals surface area contributed by atoms with Gasteiger partial charge in [-0.05, 0) is 119 Å². The van der Waals surface area contributed by atoms with Crippen molar-refractivity contribution in [3.8, 4) is 61.8 Å². The average molecular weight is 791 g/mol. The summed E-state index contributed by atoms with van der Waals surface area (Å²) in [4.78, 5) is 31.2. The number of ether oxygens (including phenoxy) is 3. The molecule has 5 heterocycles. The summed E-state index contributed by atoms with van der Waals surface area (Å²) in [6.45, 7) is 0.757. The lowest BCUT2D eigenvalue weighted by atomic mass is 10.0. The Morgan fingerprint density at radius 2 is 0.783 bits per heavy atom. The van der Waals surface area contributed by atoms with Crippen LogP contribution in [0.4, 0.5) is 0 Å². The highest BCUT2D eigenvalue weighted by Crippen LogP contribution is 2.39. The number of nitrogens with zero attached hydrogens (tertiary/aromatic N) is 2. The van der Waals surface area contributed by atoms with Gasteiger partial charge in [-0.25, -0.2) is 9.97 Å². The van der Waals surface area contributed by atoms with Crippen molar-refractivity contribution in [3.63, 3.8) is 0 Å². The van der Waals surface area contributed by atoms with Crippen LogP contribution in [0.5, 0.6) is 17.2 Å². The number of hydrogen-bond acceptors (Lipinski definition) is 7. The molecule has 0 radical (unpaired) electrons. The fourth-order valence-electron chi connectivity index (χ4n) is 7.77. The first-order chi connectivity index (χ1) is 29.4. The fourth-order valence-corrected chi connectivity index (χ4v) is 7.77. The van der Waals surface area contributed by atoms with Gasteiger partial charge in [0.1, 0.15) is 17.2 Å². The van der Waals surface area contributed by atoms with E-state index in [9.17, 15) is 4.79 Å². The number of fused-ring (bicyclic) bond motifs is 8. The van der Waals surface area contributed by atoms with E-state index in [2.05, 4.69) is 69.9 Å². The number of carbonyl (C=O) groups is 1. The largest absolute Gasteiger partial charge is 0.497 e. The van der Waals surface area contributed by atoms with Crippen molar-refractivity contribution in [2.45, 2.75) is 0 Å². The van der Waals surface area contributed by atoms with Gasteiger partial charge in [0.15, 0.2) is 0 Å². The molecule has 2 aliphatic heterocycles. The van der Waals surface area contributed by atoms with Crippen LogP contribution in [0.15, 0.2) is 121 Å². The van der Waals surface area contributed by atoms with E-state index >= 15 is 0 Å². The summed E-state index contributed by atoms with van der Waals surface area (Å²) in [6, 6.07) is 40.0. The Labute approximate surface area is 347 Å². The van der Waals surface area contributed by atoms with Gasteiger partial charge in [0, 0.05) is 63.0 Å². The van der Waals surface area contributed by atoms with Gasteiger partial charge in [0.05, 0.1) is 44.1 Å². The Morgan fingerprint density at radius 1 is 0.483 bits per heavy atom. The van der Waals surface area contributed by atoms with Gasteiger partial charge in [0.25, 0.3) is 5.91 Å². The molecule has 0 saturated carbocycles. The van der Waals surface area contributed by atoms with E-state index in [1.165, 1.54) is 0 Å². The Hall–Kier alpha value is -7.69. The smallest absolute Gasteiger partial charge is 0.251 e. The summed E-state index contributed by atoms with van der Waals surface area (Å²) in [6.07, 6.45) is 8.24. The molecule has 9 rings (SSSR count). The van der Waals surface area contributed by atoms with Crippen LogP contribution in [0.25, 0.3) is 90.9 Å². The topological polar surface area (TPSA) is 140 Å². The van der Waals surface area contributed by atoms with Crippen molar-refractivity contribution in [2.24, 2.45) is 5.73 Å². The summed E-state index contributed by atoms with van der Waals surface area (Å²) in [5, 5.41) is 2.86. The third kappa shape index (κ3) is 7.20. The normalized spacial score (nSPS) is 11.7. The van der Waals surface area contributed by atoms with Gasteiger partial charge in [-0.3, -0.25) is 4.79 Å². The van der Waals surface area contributed by atoms with E-state index in [1.807, 2.05) is 91.0 Å². The van der Waals surface area contributed by atoms with Crippen molar-refractivity contribution in [1.29, 1.82) is 0 Å². The Bertz CT molecular complexity index is 2920. The van der Waals surface area contributed by atoms with Crippen molar-refractivity contribution in [1.82, 2.24) is 25.3 Å². The van der Waals surface area contributed by atoms with E-state index < -0.39 is 0 Å². The van der Waals surface area contributed by atoms with Crippen molar-refractivity contribution < 1.29 is 19.0 Å². The van der Waals surface area contributed by atoms with E-state index in [0.717, 1.165) is 107 Å². The van der Waals surface area contributed by atoms with E-state index in [1.54, 1.807) is 21.3 Å². The maximum atomic E-state index is 12.9. The Balaban J connectivity index is 1.39. The second-order valence-corrected chi connectivity index (χ2v) is 14.3. The molecule has 0 aliphatic carbocycles. The number of nitrogens with two attached hydrogens (primary N) is 1. The van der Waals surface area contributed by atoms with E-state index in [4.69, 9.17) is 29.9 Å². The molecular weight excluding hydrogens is 749 g/mol. The number of benzene rings is 4. The molecule has 0 fully saturated rings. The number of amides is 1. The third-order valence-electron chi connectivity index (χ3n) is 10.8. The first-order valence-corrected chi connectivity index (χ1v) is 19.6. The third-order valence-corrected chi connectivity index (χ3v) is 10.8. The number of H-pyrrole nitrogens is 2. The maximum Gasteiger partial charge on any atom is 0.251 e. The molecule has 4 aromatic carbocycles. The zero-order valence-electron chi connectivity index (χ0n) is 33.4. The lowest BCUT2D eigenvalue weighted by molar-refractivity contribution is 0.0954. The molecule has 8 bridgehead atoms. The van der Waals surface area contributed by atoms with Gasteiger partial charge in [-0.15, -0.1) is 0 Å². The summed E-state index contributed by atoms with van der Waals surface area (Å²) in [5.74, 6) is 2.10. The lowest BCUT2D eigenvalue weighted by Gasteiger charge is -2.08. The molecular formula is C50H42N6O4. The zero-order chi connectivity index (χ0) is 41.2. The summed E-state index contributed by atoms with van der Waals surface area (Å²) < 4.78 is 16.6. The number of nitrogens with one attached hydrogen (secondary N) is 3. The van der Waals surface area contributed by atoms with Gasteiger partial charge in [-0.1, -0.05) is 48.5 Å². The molecule has 1 amide bonds. The number of aromatic nitrogens is 4. The zero-order valence-corrected chi connectivity index (χ0v) is 33.4. The van der Waals surface area contributed by atoms with Gasteiger partial charge in [0.2, 0.25) is 0 Å². The van der Waals surface area contributed by atoms with Gasteiger partial charge < -0.3 is 35.2 Å². The highest BCUT2D eigenvalue weighted by molar-refractivity contribution is 6.00. The molecule has 0 spiro atoms. The molecule has 0 saturated heterocycles. The minimum absolute atomic E-state index is 0.178. The highest BCUT2D eigenvalue weighted by Gasteiger charge is 2.19. The number of carbonyl (C=O) groups excluding carboxylic acids is 1. The molecule has 0 unspecified atom stereocenters. The first kappa shape index (κ1) is 37.9. The quantitative estimate of drug-likeness (QED) is 0.108. The van der Waals surface area contributed by atoms with Gasteiger partial charge in [-0.2, -0.15) is 0 Å². The molecule has 2 aliphatic rings. The van der Waals surface area contributed by atoms with E-state index in [0.29, 0.717) is 18.7 Å². The Kier molecular flexibility index (Phi) is 10.3. The SMILES string of the molecule is COc1ccc(-c2c3nc(c(-c4ccc(OC)cc4)c4ccc([nH]4)c(-c4ccc(C(=O)NCCN)cc4)c4nc(c(-c5ccc(OC)cc5)c5ccc2[nH]5)C=C4)C=C3)cc1. The minimum Gasteiger partial charge on any atom is -0.497 e. The first-order valence-electron chi connectivity index (χ1n) is 19.6. The van der Waals surface area contributed by atoms with Crippen LogP contribution >= 0.6 is 0 Å². The second kappa shape index (κ2) is 16.3. The molecule has 10 nitrogen and oxygen atoms in total. The molecule has 7 aromatic rings. The van der Waals surface area contributed by atoms with E-state index in [-0.39, 0.29) is 5.91 Å². The number of hydrogen-bond donors (Lipinski definition) is 4. The van der Waals surface area contributed by atoms with Gasteiger partial charge >= 0.3 is 0 Å². The van der Waals surface area contributed by atoms with Crippen LogP contribution in [0.1, 0.15) is 33.1 Å². The van der Waals surface area contributed by atoms with Crippen LogP contribution < -0.4 is 25.3 Å². The summed E-state index contributed by atoms with van der Waals surface area (Å²) >= 11 is 0. The van der Waals surface area contributed by atoms with Crippen LogP contribution in [0.3, 0.4) is 0 Å². The highest BCUT2D eigenvalue weighted by atomic mass is 16.5. The molecule has 3 aromatic heterocycles. The molecule has 10 heteroatoms. The maximum absolute atomic E-state index is 12.9. The fraction of sp³-hybridized carbons (Fsp3) is 0.100. The van der Waals surface area contributed by atoms with Crippen LogP contribution in [0.2, 0.25) is 0 Å². The lowest BCUT2D eigenvalue weighted by Crippen LogP contribution is -2.28.